The van der Waals surface area contributed by atoms with Crippen LogP contribution in [0, 0.1) is 0 Å². The Morgan fingerprint density at radius 3 is 2.60 bits per heavy atom. The molecule has 3 fully saturated rings. The molecular weight excluding hydrogens is 580 g/mol. The molecule has 0 aromatic heterocycles. The van der Waals surface area contributed by atoms with Crippen LogP contribution in [-0.2, 0) is 23.7 Å². The third kappa shape index (κ3) is 10.2. The Bertz CT molecular complexity index is 1080. The first kappa shape index (κ1) is 35.3. The second-order valence-corrected chi connectivity index (χ2v) is 11.5. The topological polar surface area (TPSA) is 119 Å². The molecule has 4 aliphatic rings. The van der Waals surface area contributed by atoms with E-state index in [2.05, 4.69) is 4.90 Å². The highest BCUT2D eigenvalue weighted by molar-refractivity contribution is 5.88. The van der Waals surface area contributed by atoms with Crippen LogP contribution in [0.3, 0.4) is 0 Å². The molecule has 0 saturated carbocycles. The molecule has 0 radical (unpaired) electrons. The summed E-state index contributed by atoms with van der Waals surface area (Å²) in [5.74, 6) is 0.925. The second-order valence-electron chi connectivity index (χ2n) is 11.5. The predicted octanol–water partition coefficient (Wildman–Crippen LogP) is 2.97. The van der Waals surface area contributed by atoms with Gasteiger partial charge in [0.25, 0.3) is 0 Å². The third-order valence-electron chi connectivity index (χ3n) is 7.36. The minimum atomic E-state index is -1.01. The summed E-state index contributed by atoms with van der Waals surface area (Å²) in [5, 5.41) is 19.0. The number of benzene rings is 1. The molecule has 5 atom stereocenters. The van der Waals surface area contributed by atoms with E-state index >= 15 is 0 Å². The van der Waals surface area contributed by atoms with Crippen molar-refractivity contribution < 1.29 is 43.4 Å². The number of aliphatic hydroxyl groups is 2. The molecule has 242 valence electrons. The fraction of sp³-hybridized carbons (Fsp3) is 0.645. The zero-order valence-corrected chi connectivity index (χ0v) is 26.4. The van der Waals surface area contributed by atoms with Crippen LogP contribution in [0.1, 0.15) is 45.1 Å². The van der Waals surface area contributed by atoms with Crippen LogP contribution in [0.2, 0.25) is 0 Å². The lowest BCUT2D eigenvalue weighted by molar-refractivity contribution is -0.231. The van der Waals surface area contributed by atoms with Gasteiger partial charge in [-0.3, -0.25) is 4.79 Å². The summed E-state index contributed by atoms with van der Waals surface area (Å²) in [5.41, 5.74) is 1.02. The lowest BCUT2D eigenvalue weighted by Gasteiger charge is -2.28. The van der Waals surface area contributed by atoms with Crippen molar-refractivity contribution in [1.29, 1.82) is 0 Å². The maximum atomic E-state index is 11.9. The van der Waals surface area contributed by atoms with Crippen LogP contribution >= 0.6 is 12.4 Å². The van der Waals surface area contributed by atoms with Crippen molar-refractivity contribution in [3.63, 3.8) is 0 Å². The number of piperidine rings is 1. The van der Waals surface area contributed by atoms with Gasteiger partial charge in [0.1, 0.15) is 24.4 Å². The van der Waals surface area contributed by atoms with Gasteiger partial charge >= 0.3 is 0 Å². The summed E-state index contributed by atoms with van der Waals surface area (Å²) in [7, 11) is 4.01. The van der Waals surface area contributed by atoms with Crippen molar-refractivity contribution in [3.05, 3.63) is 42.0 Å². The van der Waals surface area contributed by atoms with Crippen LogP contribution in [0.25, 0.3) is 6.08 Å². The van der Waals surface area contributed by atoms with Gasteiger partial charge in [-0.15, -0.1) is 12.4 Å². The van der Waals surface area contributed by atoms with Gasteiger partial charge in [-0.2, -0.15) is 0 Å². The summed E-state index contributed by atoms with van der Waals surface area (Å²) in [4.78, 5) is 15.9. The normalized spacial score (nSPS) is 26.3. The fourth-order valence-electron chi connectivity index (χ4n) is 5.25. The third-order valence-corrected chi connectivity index (χ3v) is 7.36. The lowest BCUT2D eigenvalue weighted by atomic mass is 10.1. The van der Waals surface area contributed by atoms with Crippen molar-refractivity contribution in [2.75, 3.05) is 53.7 Å². The number of likely N-dealkylation sites (tertiary alicyclic amines) is 1. The van der Waals surface area contributed by atoms with Crippen LogP contribution in [0.15, 0.2) is 36.4 Å². The second kappa shape index (κ2) is 16.7. The van der Waals surface area contributed by atoms with Crippen LogP contribution < -0.4 is 9.47 Å². The quantitative estimate of drug-likeness (QED) is 0.228. The van der Waals surface area contributed by atoms with E-state index < -0.39 is 30.4 Å². The first-order valence-electron chi connectivity index (χ1n) is 14.8. The summed E-state index contributed by atoms with van der Waals surface area (Å²) in [6.45, 7) is 6.75. The number of rotatable bonds is 10. The van der Waals surface area contributed by atoms with Crippen molar-refractivity contribution >= 4 is 24.4 Å². The Labute approximate surface area is 260 Å². The Hall–Kier alpha value is -2.22. The zero-order chi connectivity index (χ0) is 30.1. The number of carbonyl (C=O) groups is 1. The predicted molar refractivity (Wildman–Crippen MR) is 163 cm³/mol. The molecule has 12 heteroatoms. The van der Waals surface area contributed by atoms with E-state index in [1.807, 2.05) is 63.2 Å². The highest BCUT2D eigenvalue weighted by Gasteiger charge is 2.56. The smallest absolute Gasteiger partial charge is 0.246 e. The largest absolute Gasteiger partial charge is 0.454 e. The summed E-state index contributed by atoms with van der Waals surface area (Å²) in [6.07, 6.45) is 8.54. The van der Waals surface area contributed by atoms with Crippen molar-refractivity contribution in [3.8, 4) is 11.5 Å². The summed E-state index contributed by atoms with van der Waals surface area (Å²) in [6, 6.07) is 5.79. The van der Waals surface area contributed by atoms with Gasteiger partial charge in [0.05, 0.1) is 6.61 Å². The maximum Gasteiger partial charge on any atom is 0.246 e. The number of nitrogens with zero attached hydrogens (tertiary/aromatic N) is 2. The number of amides is 1. The molecule has 1 aromatic carbocycles. The molecule has 1 aromatic rings. The zero-order valence-electron chi connectivity index (χ0n) is 25.6. The molecule has 4 aliphatic heterocycles. The Kier molecular flexibility index (Phi) is 13.7. The molecule has 0 bridgehead atoms. The molecule has 5 unspecified atom stereocenters. The number of hydrogen-bond donors (Lipinski definition) is 2. The molecule has 0 spiro atoms. The van der Waals surface area contributed by atoms with E-state index in [9.17, 15) is 9.90 Å². The van der Waals surface area contributed by atoms with Crippen molar-refractivity contribution in [2.45, 2.75) is 76.0 Å². The molecule has 43 heavy (non-hydrogen) atoms. The molecule has 1 amide bonds. The average molecular weight is 627 g/mol. The maximum absolute atomic E-state index is 11.9. The number of ether oxygens (including phenoxy) is 6. The minimum absolute atomic E-state index is 0. The van der Waals surface area contributed by atoms with E-state index in [-0.39, 0.29) is 37.8 Å². The average Bonchev–Trinajstić information content (AvgIpc) is 3.65. The SMILES string of the molecule is CN(C)CCCOC1C(C(O)CO)OC2OC(C)(C)OC21.Cl.O=C(C=CC=Cc1ccc2c(c1)OCO2)N1CCCCC1. The number of aliphatic hydroxyl groups excluding tert-OH is 2. The molecule has 0 aliphatic carbocycles. The standard InChI is InChI=1S/C17H19NO3.C14H27NO6.ClH/c19-17(18-10-4-1-5-11-18)7-3-2-6-14-8-9-15-16(12-14)21-13-20-15;1-14(2)20-12-11(18-7-5-6-15(3)4)10(9(17)8-16)19-13(12)21-14;/h2-3,6-9,12H,1,4-5,10-11,13H2;9-13,16-17H,5-8H2,1-4H3;1H. The van der Waals surface area contributed by atoms with E-state index in [0.717, 1.165) is 56.0 Å². The first-order chi connectivity index (χ1) is 20.2. The van der Waals surface area contributed by atoms with Gasteiger partial charge in [0, 0.05) is 25.8 Å². The minimum Gasteiger partial charge on any atom is -0.454 e. The number of carbonyl (C=O) groups excluding carboxylic acids is 1. The Balaban J connectivity index is 0.000000230. The van der Waals surface area contributed by atoms with Crippen molar-refractivity contribution in [2.24, 2.45) is 0 Å². The molecular formula is C31H47ClN2O9. The summed E-state index contributed by atoms with van der Waals surface area (Å²) < 4.78 is 33.6. The highest BCUT2D eigenvalue weighted by Crippen LogP contribution is 2.39. The molecule has 5 rings (SSSR count). The van der Waals surface area contributed by atoms with Gasteiger partial charge in [0.2, 0.25) is 12.7 Å². The summed E-state index contributed by atoms with van der Waals surface area (Å²) >= 11 is 0. The van der Waals surface area contributed by atoms with E-state index in [4.69, 9.17) is 33.5 Å². The molecule has 4 heterocycles. The Morgan fingerprint density at radius 1 is 1.14 bits per heavy atom. The number of hydrogen-bond acceptors (Lipinski definition) is 10. The van der Waals surface area contributed by atoms with E-state index in [0.29, 0.717) is 6.61 Å². The van der Waals surface area contributed by atoms with Gasteiger partial charge in [0.15, 0.2) is 23.6 Å². The molecule has 2 N–H and O–H groups in total. The van der Waals surface area contributed by atoms with Crippen LogP contribution in [0.5, 0.6) is 11.5 Å². The number of fused-ring (bicyclic) bond motifs is 2. The molecule has 11 nitrogen and oxygen atoms in total. The van der Waals surface area contributed by atoms with Crippen LogP contribution in [0.4, 0.5) is 0 Å². The number of allylic oxidation sites excluding steroid dienone is 2. The van der Waals surface area contributed by atoms with Gasteiger partial charge < -0.3 is 48.4 Å². The number of halogens is 1. The van der Waals surface area contributed by atoms with Gasteiger partial charge in [-0.1, -0.05) is 24.3 Å². The lowest BCUT2D eigenvalue weighted by Crippen LogP contribution is -2.44. The fourth-order valence-corrected chi connectivity index (χ4v) is 5.25. The first-order valence-corrected chi connectivity index (χ1v) is 14.8. The van der Waals surface area contributed by atoms with Gasteiger partial charge in [-0.05, 0) is 77.9 Å². The van der Waals surface area contributed by atoms with E-state index in [1.54, 1.807) is 12.2 Å². The Morgan fingerprint density at radius 2 is 1.88 bits per heavy atom. The van der Waals surface area contributed by atoms with Gasteiger partial charge in [-0.25, -0.2) is 0 Å². The molecule has 3 saturated heterocycles. The van der Waals surface area contributed by atoms with Crippen molar-refractivity contribution in [1.82, 2.24) is 9.80 Å². The van der Waals surface area contributed by atoms with E-state index in [1.165, 1.54) is 6.42 Å². The van der Waals surface area contributed by atoms with Crippen LogP contribution in [-0.4, -0.2) is 116 Å². The highest BCUT2D eigenvalue weighted by atomic mass is 35.5. The monoisotopic (exact) mass is 626 g/mol.